The van der Waals surface area contributed by atoms with E-state index in [2.05, 4.69) is 25.3 Å². The molecule has 2 aromatic carbocycles. The monoisotopic (exact) mass is 385 g/mol. The third kappa shape index (κ3) is 3.81. The van der Waals surface area contributed by atoms with Crippen molar-refractivity contribution in [3.63, 3.8) is 0 Å². The minimum absolute atomic E-state index is 0.272. The van der Waals surface area contributed by atoms with Gasteiger partial charge in [0.2, 0.25) is 0 Å². The second kappa shape index (κ2) is 7.89. The van der Waals surface area contributed by atoms with Gasteiger partial charge in [0.1, 0.15) is 23.7 Å². The fourth-order valence-corrected chi connectivity index (χ4v) is 3.00. The normalized spacial score (nSPS) is 10.7. The van der Waals surface area contributed by atoms with Crippen LogP contribution in [-0.4, -0.2) is 33.3 Å². The molecule has 2 heterocycles. The van der Waals surface area contributed by atoms with Crippen molar-refractivity contribution in [2.24, 2.45) is 0 Å². The minimum atomic E-state index is 0.272. The lowest BCUT2D eigenvalue weighted by Gasteiger charge is -2.09. The number of hydrogen-bond acceptors (Lipinski definition) is 8. The molecule has 0 atom stereocenters. The van der Waals surface area contributed by atoms with Crippen LogP contribution in [0.4, 0.5) is 11.6 Å². The first kappa shape index (κ1) is 18.3. The molecule has 0 amide bonds. The van der Waals surface area contributed by atoms with Gasteiger partial charge in [0, 0.05) is 18.3 Å². The van der Waals surface area contributed by atoms with Crippen LogP contribution in [-0.2, 0) is 6.54 Å². The van der Waals surface area contributed by atoms with Gasteiger partial charge in [0.25, 0.3) is 0 Å². The van der Waals surface area contributed by atoms with Crippen molar-refractivity contribution in [1.29, 1.82) is 5.41 Å². The first-order chi connectivity index (χ1) is 14.2. The molecule has 0 saturated carbocycles. The molecule has 0 aliphatic carbocycles. The lowest BCUT2D eigenvalue weighted by Crippen LogP contribution is -2.03. The lowest BCUT2D eigenvalue weighted by atomic mass is 10.1. The fraction of sp³-hybridized carbons (Fsp3) is 0.0952. The Balaban J connectivity index is 1.59. The molecular formula is C21H19N7O. The molecule has 0 radical (unpaired) electrons. The number of nitrogens with zero attached hydrogens (tertiary/aromatic N) is 4. The number of aromatic nitrogens is 4. The van der Waals surface area contributed by atoms with E-state index in [1.165, 1.54) is 6.33 Å². The van der Waals surface area contributed by atoms with Crippen LogP contribution < -0.4 is 15.8 Å². The molecule has 0 spiro atoms. The molecule has 144 valence electrons. The first-order valence-electron chi connectivity index (χ1n) is 8.93. The Morgan fingerprint density at radius 1 is 1.10 bits per heavy atom. The second-order valence-electron chi connectivity index (χ2n) is 6.33. The van der Waals surface area contributed by atoms with Gasteiger partial charge in [-0.25, -0.2) is 15.0 Å². The fourth-order valence-electron chi connectivity index (χ4n) is 3.00. The van der Waals surface area contributed by atoms with Gasteiger partial charge in [-0.1, -0.05) is 18.2 Å². The molecule has 29 heavy (non-hydrogen) atoms. The maximum atomic E-state index is 7.58. The first-order valence-corrected chi connectivity index (χ1v) is 8.93. The molecule has 0 unspecified atom stereocenters. The smallest absolute Gasteiger partial charge is 0.145 e. The average Bonchev–Trinajstić information content (AvgIpc) is 2.77. The van der Waals surface area contributed by atoms with Gasteiger partial charge in [0.05, 0.1) is 35.6 Å². The van der Waals surface area contributed by atoms with E-state index in [0.717, 1.165) is 34.1 Å². The maximum Gasteiger partial charge on any atom is 0.145 e. The Morgan fingerprint density at radius 3 is 2.83 bits per heavy atom. The molecule has 0 bridgehead atoms. The summed E-state index contributed by atoms with van der Waals surface area (Å²) in [7, 11) is 1.65. The molecule has 4 rings (SSSR count). The summed E-state index contributed by atoms with van der Waals surface area (Å²) in [5, 5.41) is 10.9. The van der Waals surface area contributed by atoms with E-state index in [4.69, 9.17) is 15.9 Å². The second-order valence-corrected chi connectivity index (χ2v) is 6.33. The van der Waals surface area contributed by atoms with E-state index in [1.807, 2.05) is 42.5 Å². The largest absolute Gasteiger partial charge is 0.497 e. The molecule has 4 aromatic rings. The molecule has 0 fully saturated rings. The van der Waals surface area contributed by atoms with E-state index in [1.54, 1.807) is 13.3 Å². The number of fused-ring (bicyclic) bond motifs is 1. The van der Waals surface area contributed by atoms with Gasteiger partial charge in [-0.15, -0.1) is 0 Å². The molecular weight excluding hydrogens is 366 g/mol. The number of ether oxygens (including phenoxy) is 1. The lowest BCUT2D eigenvalue weighted by molar-refractivity contribution is 0.414. The number of benzene rings is 2. The standard InChI is InChI=1S/C21H19N7O/c1-29-15-4-2-3-13(7-15)10-25-19-11-24-18-8-14(5-6-17(18)28-19)20-16(9-22)21(23)27-12-26-20/h2-9,11-12,22H,10H2,1H3,(H,25,28)(H2,23,26,27). The number of anilines is 2. The zero-order valence-electron chi connectivity index (χ0n) is 15.8. The summed E-state index contributed by atoms with van der Waals surface area (Å²) in [5.74, 6) is 1.77. The van der Waals surface area contributed by atoms with Gasteiger partial charge in [-0.05, 0) is 29.8 Å². The highest BCUT2D eigenvalue weighted by Gasteiger charge is 2.11. The van der Waals surface area contributed by atoms with E-state index < -0.39 is 0 Å². The zero-order valence-corrected chi connectivity index (χ0v) is 15.8. The van der Waals surface area contributed by atoms with Gasteiger partial charge < -0.3 is 21.2 Å². The number of nitrogens with one attached hydrogen (secondary N) is 2. The van der Waals surface area contributed by atoms with Crippen molar-refractivity contribution in [3.8, 4) is 17.0 Å². The molecule has 8 nitrogen and oxygen atoms in total. The van der Waals surface area contributed by atoms with Crippen molar-refractivity contribution in [3.05, 3.63) is 66.1 Å². The molecule has 2 aromatic heterocycles. The third-order valence-electron chi connectivity index (χ3n) is 4.48. The van der Waals surface area contributed by atoms with E-state index in [9.17, 15) is 0 Å². The summed E-state index contributed by atoms with van der Waals surface area (Å²) in [5.41, 5.74) is 10.3. The quantitative estimate of drug-likeness (QED) is 0.435. The van der Waals surface area contributed by atoms with Crippen molar-refractivity contribution in [2.45, 2.75) is 6.54 Å². The summed E-state index contributed by atoms with van der Waals surface area (Å²) < 4.78 is 5.25. The summed E-state index contributed by atoms with van der Waals surface area (Å²) in [6, 6.07) is 13.5. The van der Waals surface area contributed by atoms with E-state index in [-0.39, 0.29) is 5.82 Å². The Morgan fingerprint density at radius 2 is 2.00 bits per heavy atom. The Kier molecular flexibility index (Phi) is 4.98. The van der Waals surface area contributed by atoms with Crippen LogP contribution in [0.1, 0.15) is 11.1 Å². The van der Waals surface area contributed by atoms with Crippen molar-refractivity contribution in [1.82, 2.24) is 19.9 Å². The molecule has 8 heteroatoms. The third-order valence-corrected chi connectivity index (χ3v) is 4.48. The predicted molar refractivity (Wildman–Crippen MR) is 113 cm³/mol. The van der Waals surface area contributed by atoms with Gasteiger partial charge in [0.15, 0.2) is 0 Å². The van der Waals surface area contributed by atoms with Crippen molar-refractivity contribution < 1.29 is 4.74 Å². The van der Waals surface area contributed by atoms with Crippen molar-refractivity contribution >= 4 is 28.9 Å². The van der Waals surface area contributed by atoms with Gasteiger partial charge in [-0.3, -0.25) is 4.98 Å². The van der Waals surface area contributed by atoms with Crippen LogP contribution in [0.3, 0.4) is 0 Å². The van der Waals surface area contributed by atoms with Crippen molar-refractivity contribution in [2.75, 3.05) is 18.2 Å². The number of rotatable bonds is 6. The summed E-state index contributed by atoms with van der Waals surface area (Å²) >= 11 is 0. The van der Waals surface area contributed by atoms with Crippen LogP contribution >= 0.6 is 0 Å². The highest BCUT2D eigenvalue weighted by atomic mass is 16.5. The summed E-state index contributed by atoms with van der Waals surface area (Å²) in [4.78, 5) is 17.3. The highest BCUT2D eigenvalue weighted by molar-refractivity contribution is 5.93. The maximum absolute atomic E-state index is 7.58. The predicted octanol–water partition coefficient (Wildman–Crippen LogP) is 3.29. The Labute approximate surface area is 167 Å². The molecule has 0 saturated heterocycles. The van der Waals surface area contributed by atoms with Gasteiger partial charge in [-0.2, -0.15) is 0 Å². The molecule has 4 N–H and O–H groups in total. The minimum Gasteiger partial charge on any atom is -0.497 e. The number of methoxy groups -OCH3 is 1. The zero-order chi connectivity index (χ0) is 20.2. The van der Waals surface area contributed by atoms with Crippen LogP contribution in [0.15, 0.2) is 55.0 Å². The summed E-state index contributed by atoms with van der Waals surface area (Å²) in [6.45, 7) is 0.610. The van der Waals surface area contributed by atoms with Crippen LogP contribution in [0.5, 0.6) is 5.75 Å². The van der Waals surface area contributed by atoms with Gasteiger partial charge >= 0.3 is 0 Å². The molecule has 0 aliphatic rings. The Bertz CT molecular complexity index is 1190. The number of nitrogen functional groups attached to an aromatic ring is 1. The topological polar surface area (TPSA) is 123 Å². The van der Waals surface area contributed by atoms with E-state index in [0.29, 0.717) is 23.6 Å². The number of hydrogen-bond donors (Lipinski definition) is 3. The van der Waals surface area contributed by atoms with E-state index >= 15 is 0 Å². The molecule has 0 aliphatic heterocycles. The number of nitrogens with two attached hydrogens (primary N) is 1. The Hall–Kier alpha value is -4.07. The summed E-state index contributed by atoms with van der Waals surface area (Å²) in [6.07, 6.45) is 4.24. The average molecular weight is 385 g/mol. The van der Waals surface area contributed by atoms with Crippen LogP contribution in [0, 0.1) is 5.41 Å². The van der Waals surface area contributed by atoms with Crippen LogP contribution in [0.2, 0.25) is 0 Å². The van der Waals surface area contributed by atoms with Crippen LogP contribution in [0.25, 0.3) is 22.3 Å². The highest BCUT2D eigenvalue weighted by Crippen LogP contribution is 2.26. The SMILES string of the molecule is COc1cccc(CNc2cnc3cc(-c4ncnc(N)c4C=N)ccc3n2)c1.